The number of nitrogens with zero attached hydrogens (tertiary/aromatic N) is 1. The van der Waals surface area contributed by atoms with E-state index in [9.17, 15) is 0 Å². The smallest absolute Gasteiger partial charge is 0.103 e. The summed E-state index contributed by atoms with van der Waals surface area (Å²) in [6.07, 6.45) is 0. The third-order valence-electron chi connectivity index (χ3n) is 8.25. The van der Waals surface area contributed by atoms with Crippen molar-refractivity contribution in [1.29, 1.82) is 0 Å². The second-order valence-electron chi connectivity index (χ2n) is 10.6. The van der Waals surface area contributed by atoms with Crippen LogP contribution in [0.4, 0.5) is 5.69 Å². The van der Waals surface area contributed by atoms with Crippen molar-refractivity contribution in [2.45, 2.75) is 10.3 Å². The van der Waals surface area contributed by atoms with E-state index >= 15 is 0 Å². The SMILES string of the molecule is c1ccc(-c2cc3c(c4c2sc2ccccc24)NC(c2ccc(-n4c5ccccc5c5ccccc54)cc2)S3)cc1. The molecule has 9 rings (SSSR count). The Kier molecular flexibility index (Phi) is 5.10. The Hall–Kier alpha value is -4.51. The van der Waals surface area contributed by atoms with E-state index in [-0.39, 0.29) is 5.37 Å². The minimum Gasteiger partial charge on any atom is -0.368 e. The molecule has 41 heavy (non-hydrogen) atoms. The molecule has 0 aliphatic carbocycles. The number of nitrogens with one attached hydrogen (secondary N) is 1. The number of para-hydroxylation sites is 2. The van der Waals surface area contributed by atoms with Gasteiger partial charge >= 0.3 is 0 Å². The predicted octanol–water partition coefficient (Wildman–Crippen LogP) is 11.0. The van der Waals surface area contributed by atoms with Gasteiger partial charge in [0.2, 0.25) is 0 Å². The topological polar surface area (TPSA) is 17.0 Å². The molecule has 1 unspecified atom stereocenters. The molecule has 1 atom stereocenters. The minimum atomic E-state index is 0.157. The van der Waals surface area contributed by atoms with Crippen LogP contribution in [0, 0.1) is 0 Å². The molecule has 0 amide bonds. The van der Waals surface area contributed by atoms with Crippen LogP contribution >= 0.6 is 23.1 Å². The second kappa shape index (κ2) is 9.00. The number of hydrogen-bond donors (Lipinski definition) is 1. The normalized spacial score (nSPS) is 14.7. The number of rotatable bonds is 3. The zero-order valence-corrected chi connectivity index (χ0v) is 23.7. The Morgan fingerprint density at radius 1 is 0.610 bits per heavy atom. The lowest BCUT2D eigenvalue weighted by Crippen LogP contribution is -2.02. The summed E-state index contributed by atoms with van der Waals surface area (Å²) in [6.45, 7) is 0. The lowest BCUT2D eigenvalue weighted by molar-refractivity contribution is 1.12. The Bertz CT molecular complexity index is 2210. The number of thioether (sulfide) groups is 1. The molecule has 0 spiro atoms. The first-order chi connectivity index (χ1) is 20.3. The molecule has 1 aliphatic rings. The van der Waals surface area contributed by atoms with E-state index in [2.05, 4.69) is 143 Å². The summed E-state index contributed by atoms with van der Waals surface area (Å²) >= 11 is 3.82. The molecular weight excluding hydrogens is 537 g/mol. The van der Waals surface area contributed by atoms with Gasteiger partial charge in [-0.1, -0.05) is 109 Å². The van der Waals surface area contributed by atoms with Crippen molar-refractivity contribution in [3.63, 3.8) is 0 Å². The van der Waals surface area contributed by atoms with Gasteiger partial charge in [0.25, 0.3) is 0 Å². The molecule has 1 aliphatic heterocycles. The van der Waals surface area contributed by atoms with Gasteiger partial charge in [-0.05, 0) is 47.5 Å². The second-order valence-corrected chi connectivity index (χ2v) is 12.8. The lowest BCUT2D eigenvalue weighted by Gasteiger charge is -2.13. The van der Waals surface area contributed by atoms with E-state index in [1.54, 1.807) is 0 Å². The molecule has 1 N–H and O–H groups in total. The molecule has 3 heterocycles. The van der Waals surface area contributed by atoms with Crippen molar-refractivity contribution in [1.82, 2.24) is 4.57 Å². The van der Waals surface area contributed by atoms with Crippen LogP contribution in [0.15, 0.2) is 138 Å². The molecular formula is C37H24N2S2. The first-order valence-corrected chi connectivity index (χ1v) is 15.6. The first kappa shape index (κ1) is 23.2. The summed E-state index contributed by atoms with van der Waals surface area (Å²) in [6, 6.07) is 48.5. The summed E-state index contributed by atoms with van der Waals surface area (Å²) in [7, 11) is 0. The van der Waals surface area contributed by atoms with Crippen LogP contribution in [0.1, 0.15) is 10.9 Å². The van der Waals surface area contributed by atoms with Crippen molar-refractivity contribution < 1.29 is 0 Å². The van der Waals surface area contributed by atoms with Crippen molar-refractivity contribution >= 4 is 70.8 Å². The Morgan fingerprint density at radius 3 is 1.98 bits per heavy atom. The molecule has 0 fully saturated rings. The largest absolute Gasteiger partial charge is 0.368 e. The molecule has 0 saturated heterocycles. The monoisotopic (exact) mass is 560 g/mol. The van der Waals surface area contributed by atoms with Gasteiger partial charge in [-0.25, -0.2) is 0 Å². The summed E-state index contributed by atoms with van der Waals surface area (Å²) in [5.74, 6) is 0. The average Bonchev–Trinajstić information content (AvgIpc) is 3.73. The zero-order valence-electron chi connectivity index (χ0n) is 22.0. The van der Waals surface area contributed by atoms with Crippen LogP contribution in [-0.2, 0) is 0 Å². The number of benzene rings is 6. The fraction of sp³-hybridized carbons (Fsp3) is 0.0270. The first-order valence-electron chi connectivity index (χ1n) is 13.9. The number of aromatic nitrogens is 1. The summed E-state index contributed by atoms with van der Waals surface area (Å²) in [4.78, 5) is 1.32. The zero-order chi connectivity index (χ0) is 26.9. The van der Waals surface area contributed by atoms with Gasteiger partial charge in [-0.3, -0.25) is 0 Å². The number of fused-ring (bicyclic) bond motifs is 8. The molecule has 4 heteroatoms. The van der Waals surface area contributed by atoms with E-state index in [0.29, 0.717) is 0 Å². The van der Waals surface area contributed by atoms with Crippen LogP contribution in [0.5, 0.6) is 0 Å². The van der Waals surface area contributed by atoms with Crippen LogP contribution < -0.4 is 5.32 Å². The van der Waals surface area contributed by atoms with Crippen LogP contribution in [0.25, 0.3) is 58.8 Å². The number of hydrogen-bond acceptors (Lipinski definition) is 3. The summed E-state index contributed by atoms with van der Waals surface area (Å²) in [5, 5.41) is 9.34. The Morgan fingerprint density at radius 2 is 1.24 bits per heavy atom. The van der Waals surface area contributed by atoms with Crippen molar-refractivity contribution in [3.8, 4) is 16.8 Å². The van der Waals surface area contributed by atoms with Gasteiger partial charge in [0.05, 0.1) is 16.7 Å². The van der Waals surface area contributed by atoms with Gasteiger partial charge in [0.1, 0.15) is 5.37 Å². The van der Waals surface area contributed by atoms with Crippen molar-refractivity contribution in [2.24, 2.45) is 0 Å². The minimum absolute atomic E-state index is 0.157. The third-order valence-corrected chi connectivity index (χ3v) is 10.7. The predicted molar refractivity (Wildman–Crippen MR) is 178 cm³/mol. The van der Waals surface area contributed by atoms with E-state index < -0.39 is 0 Å². The highest BCUT2D eigenvalue weighted by Gasteiger charge is 2.28. The molecule has 8 aromatic rings. The maximum absolute atomic E-state index is 3.93. The van der Waals surface area contributed by atoms with E-state index in [0.717, 1.165) is 0 Å². The molecule has 2 aromatic heterocycles. The maximum atomic E-state index is 3.93. The lowest BCUT2D eigenvalue weighted by atomic mass is 10.0. The van der Waals surface area contributed by atoms with E-state index in [4.69, 9.17) is 0 Å². The third kappa shape index (κ3) is 3.51. The Balaban J connectivity index is 1.15. The van der Waals surface area contributed by atoms with Crippen LogP contribution in [0.2, 0.25) is 0 Å². The van der Waals surface area contributed by atoms with Gasteiger partial charge in [-0.2, -0.15) is 0 Å². The number of thiophene rings is 1. The fourth-order valence-corrected chi connectivity index (χ4v) is 8.82. The molecule has 0 bridgehead atoms. The highest BCUT2D eigenvalue weighted by molar-refractivity contribution is 8.00. The van der Waals surface area contributed by atoms with Crippen LogP contribution in [-0.4, -0.2) is 4.57 Å². The summed E-state index contributed by atoms with van der Waals surface area (Å²) < 4.78 is 5.07. The average molecular weight is 561 g/mol. The molecule has 194 valence electrons. The fourth-order valence-electron chi connectivity index (χ4n) is 6.38. The molecule has 2 nitrogen and oxygen atoms in total. The number of anilines is 1. The van der Waals surface area contributed by atoms with Crippen molar-refractivity contribution in [2.75, 3.05) is 5.32 Å². The maximum Gasteiger partial charge on any atom is 0.103 e. The molecule has 6 aromatic carbocycles. The highest BCUT2D eigenvalue weighted by Crippen LogP contribution is 2.55. The highest BCUT2D eigenvalue weighted by atomic mass is 32.2. The van der Waals surface area contributed by atoms with Gasteiger partial charge in [0, 0.05) is 47.1 Å². The van der Waals surface area contributed by atoms with Gasteiger partial charge in [0.15, 0.2) is 0 Å². The quantitative estimate of drug-likeness (QED) is 0.231. The van der Waals surface area contributed by atoms with E-state index in [1.807, 2.05) is 23.1 Å². The van der Waals surface area contributed by atoms with Gasteiger partial charge < -0.3 is 9.88 Å². The van der Waals surface area contributed by atoms with E-state index in [1.165, 1.54) is 74.9 Å². The molecule has 0 radical (unpaired) electrons. The van der Waals surface area contributed by atoms with Crippen LogP contribution in [0.3, 0.4) is 0 Å². The molecule has 0 saturated carbocycles. The summed E-state index contributed by atoms with van der Waals surface area (Å²) in [5.41, 5.74) is 8.79. The van der Waals surface area contributed by atoms with Gasteiger partial charge in [-0.15, -0.1) is 11.3 Å². The van der Waals surface area contributed by atoms with Crippen molar-refractivity contribution in [3.05, 3.63) is 139 Å². The Labute approximate surface area is 245 Å². The standard InChI is InChI=1S/C37H24N2S2/c1-2-10-23(11-3-1)29-22-33-35(34-28-14-6-9-17-32(28)40-36(29)34)38-37(41-33)24-18-20-25(21-19-24)39-30-15-7-4-12-26(30)27-13-5-8-16-31(27)39/h1-22,37-38H.